The fourth-order valence-electron chi connectivity index (χ4n) is 6.55. The molecule has 3 heterocycles. The van der Waals surface area contributed by atoms with Gasteiger partial charge in [-0.2, -0.15) is 5.26 Å². The summed E-state index contributed by atoms with van der Waals surface area (Å²) in [6, 6.07) is 53.9. The first kappa shape index (κ1) is 30.3. The number of fused-ring (bicyclic) bond motifs is 3. The van der Waals surface area contributed by atoms with Crippen LogP contribution in [0.5, 0.6) is 0 Å². The molecule has 5 nitrogen and oxygen atoms in total. The van der Waals surface area contributed by atoms with Crippen molar-refractivity contribution in [2.75, 3.05) is 0 Å². The summed E-state index contributed by atoms with van der Waals surface area (Å²) in [5.41, 5.74) is 10.0. The van der Waals surface area contributed by atoms with E-state index in [0.29, 0.717) is 23.0 Å². The summed E-state index contributed by atoms with van der Waals surface area (Å²) in [4.78, 5) is 19.0. The Balaban J connectivity index is 1.15. The molecule has 0 aliphatic rings. The van der Waals surface area contributed by atoms with Crippen LogP contribution < -0.4 is 0 Å². The Kier molecular flexibility index (Phi) is 7.66. The van der Waals surface area contributed by atoms with Gasteiger partial charge in [0.25, 0.3) is 0 Å². The highest BCUT2D eigenvalue weighted by atomic mass is 32.1. The second-order valence-electron chi connectivity index (χ2n) is 12.2. The minimum absolute atomic E-state index is 0.522. The standard InChI is InChI=1S/C45H27N5S/c46-27-29-9-4-13-34(25-29)44-48-43(32-10-2-1-3-11-32)49-45(50-44)35-14-5-12-33(26-35)38-17-7-19-40-39-18-6-16-37(41(39)51-42(38)40)31-22-20-30(21-23-31)36-15-8-24-47-28-36/h1-26,28H. The van der Waals surface area contributed by atoms with E-state index in [9.17, 15) is 5.26 Å². The smallest absolute Gasteiger partial charge is 0.164 e. The Morgan fingerprint density at radius 3 is 1.65 bits per heavy atom. The highest BCUT2D eigenvalue weighted by molar-refractivity contribution is 7.26. The molecule has 9 aromatic rings. The molecule has 0 amide bonds. The monoisotopic (exact) mass is 669 g/mol. The third-order valence-electron chi connectivity index (χ3n) is 9.06. The maximum absolute atomic E-state index is 9.55. The molecule has 51 heavy (non-hydrogen) atoms. The molecule has 0 atom stereocenters. The molecule has 0 saturated carbocycles. The van der Waals surface area contributed by atoms with E-state index in [1.165, 1.54) is 31.3 Å². The molecule has 0 bridgehead atoms. The van der Waals surface area contributed by atoms with Crippen molar-refractivity contribution in [3.8, 4) is 73.6 Å². The lowest BCUT2D eigenvalue weighted by Crippen LogP contribution is -2.00. The second kappa shape index (κ2) is 12.9. The van der Waals surface area contributed by atoms with E-state index >= 15 is 0 Å². The lowest BCUT2D eigenvalue weighted by atomic mass is 9.98. The Morgan fingerprint density at radius 2 is 0.980 bits per heavy atom. The molecule has 0 spiro atoms. The van der Waals surface area contributed by atoms with Crippen molar-refractivity contribution in [1.29, 1.82) is 5.26 Å². The zero-order chi connectivity index (χ0) is 34.1. The van der Waals surface area contributed by atoms with E-state index in [4.69, 9.17) is 15.0 Å². The fourth-order valence-corrected chi connectivity index (χ4v) is 7.93. The van der Waals surface area contributed by atoms with Crippen molar-refractivity contribution in [3.63, 3.8) is 0 Å². The summed E-state index contributed by atoms with van der Waals surface area (Å²) < 4.78 is 2.50. The summed E-state index contributed by atoms with van der Waals surface area (Å²) in [5.74, 6) is 1.67. The molecule has 238 valence electrons. The third-order valence-corrected chi connectivity index (χ3v) is 10.4. The molecule has 0 aliphatic carbocycles. The van der Waals surface area contributed by atoms with Crippen LogP contribution in [0.15, 0.2) is 164 Å². The Morgan fingerprint density at radius 1 is 0.431 bits per heavy atom. The number of nitriles is 1. The van der Waals surface area contributed by atoms with E-state index in [1.54, 1.807) is 12.3 Å². The topological polar surface area (TPSA) is 75.3 Å². The van der Waals surface area contributed by atoms with Crippen LogP contribution in [0.1, 0.15) is 5.56 Å². The molecule has 6 heteroatoms. The van der Waals surface area contributed by atoms with Crippen molar-refractivity contribution in [2.24, 2.45) is 0 Å². The molecule has 0 N–H and O–H groups in total. The summed E-state index contributed by atoms with van der Waals surface area (Å²) >= 11 is 1.83. The number of aromatic nitrogens is 4. The van der Waals surface area contributed by atoms with Crippen molar-refractivity contribution in [3.05, 3.63) is 170 Å². The van der Waals surface area contributed by atoms with Gasteiger partial charge in [-0.15, -0.1) is 11.3 Å². The number of pyridine rings is 1. The fraction of sp³-hybridized carbons (Fsp3) is 0. The molecule has 0 unspecified atom stereocenters. The van der Waals surface area contributed by atoms with Crippen molar-refractivity contribution < 1.29 is 0 Å². The van der Waals surface area contributed by atoms with Gasteiger partial charge in [0.15, 0.2) is 17.5 Å². The number of benzene rings is 6. The number of hydrogen-bond acceptors (Lipinski definition) is 6. The van der Waals surface area contributed by atoms with Gasteiger partial charge in [-0.1, -0.05) is 127 Å². The molecule has 9 rings (SSSR count). The van der Waals surface area contributed by atoms with Gasteiger partial charge < -0.3 is 0 Å². The first-order valence-corrected chi connectivity index (χ1v) is 17.4. The molecular formula is C45H27N5S. The van der Waals surface area contributed by atoms with E-state index in [1.807, 2.05) is 78.2 Å². The van der Waals surface area contributed by atoms with Gasteiger partial charge in [0.1, 0.15) is 0 Å². The molecule has 0 aliphatic heterocycles. The van der Waals surface area contributed by atoms with Gasteiger partial charge in [0.05, 0.1) is 11.6 Å². The zero-order valence-corrected chi connectivity index (χ0v) is 28.0. The molecule has 0 saturated heterocycles. The van der Waals surface area contributed by atoms with Gasteiger partial charge in [0, 0.05) is 49.3 Å². The van der Waals surface area contributed by atoms with Crippen LogP contribution in [-0.4, -0.2) is 19.9 Å². The summed E-state index contributed by atoms with van der Waals surface area (Å²) in [6.45, 7) is 0. The molecule has 6 aromatic carbocycles. The van der Waals surface area contributed by atoms with Crippen molar-refractivity contribution in [1.82, 2.24) is 19.9 Å². The third kappa shape index (κ3) is 5.72. The lowest BCUT2D eigenvalue weighted by molar-refractivity contribution is 1.07. The number of hydrogen-bond donors (Lipinski definition) is 0. The van der Waals surface area contributed by atoms with Crippen LogP contribution in [0.25, 0.3) is 87.7 Å². The molecule has 3 aromatic heterocycles. The second-order valence-corrected chi connectivity index (χ2v) is 13.3. The van der Waals surface area contributed by atoms with E-state index in [-0.39, 0.29) is 0 Å². The Labute approximate surface area is 298 Å². The predicted molar refractivity (Wildman–Crippen MR) is 208 cm³/mol. The molecular weight excluding hydrogens is 643 g/mol. The van der Waals surface area contributed by atoms with Crippen LogP contribution in [0.3, 0.4) is 0 Å². The summed E-state index contributed by atoms with van der Waals surface area (Å²) in [7, 11) is 0. The Hall–Kier alpha value is -6.81. The van der Waals surface area contributed by atoms with Gasteiger partial charge >= 0.3 is 0 Å². The van der Waals surface area contributed by atoms with Gasteiger partial charge in [-0.25, -0.2) is 15.0 Å². The van der Waals surface area contributed by atoms with Crippen LogP contribution in [-0.2, 0) is 0 Å². The predicted octanol–water partition coefficient (Wildman–Crippen LogP) is 11.5. The maximum Gasteiger partial charge on any atom is 0.164 e. The maximum atomic E-state index is 9.55. The number of nitrogens with zero attached hydrogens (tertiary/aromatic N) is 5. The first-order valence-electron chi connectivity index (χ1n) is 16.6. The highest BCUT2D eigenvalue weighted by Crippen LogP contribution is 2.44. The van der Waals surface area contributed by atoms with Gasteiger partial charge in [-0.05, 0) is 57.6 Å². The van der Waals surface area contributed by atoms with Gasteiger partial charge in [-0.3, -0.25) is 4.98 Å². The lowest BCUT2D eigenvalue weighted by Gasteiger charge is -2.10. The van der Waals surface area contributed by atoms with E-state index in [0.717, 1.165) is 38.9 Å². The van der Waals surface area contributed by atoms with Crippen LogP contribution in [0, 0.1) is 11.3 Å². The van der Waals surface area contributed by atoms with Crippen molar-refractivity contribution in [2.45, 2.75) is 0 Å². The van der Waals surface area contributed by atoms with Gasteiger partial charge in [0.2, 0.25) is 0 Å². The molecule has 0 fully saturated rings. The highest BCUT2D eigenvalue weighted by Gasteiger charge is 2.16. The minimum Gasteiger partial charge on any atom is -0.264 e. The van der Waals surface area contributed by atoms with Crippen LogP contribution in [0.4, 0.5) is 0 Å². The minimum atomic E-state index is 0.522. The average molecular weight is 670 g/mol. The normalized spacial score (nSPS) is 11.1. The quantitative estimate of drug-likeness (QED) is 0.176. The average Bonchev–Trinajstić information content (AvgIpc) is 3.61. The van der Waals surface area contributed by atoms with E-state index < -0.39 is 0 Å². The summed E-state index contributed by atoms with van der Waals surface area (Å²) in [5, 5.41) is 12.0. The number of thiophene rings is 1. The summed E-state index contributed by atoms with van der Waals surface area (Å²) in [6.07, 6.45) is 3.70. The Bertz CT molecular complexity index is 2750. The number of rotatable bonds is 6. The van der Waals surface area contributed by atoms with Crippen LogP contribution >= 0.6 is 11.3 Å². The molecule has 0 radical (unpaired) electrons. The van der Waals surface area contributed by atoms with Crippen molar-refractivity contribution >= 4 is 31.5 Å². The largest absolute Gasteiger partial charge is 0.264 e. The van der Waals surface area contributed by atoms with E-state index in [2.05, 4.69) is 96.0 Å². The van der Waals surface area contributed by atoms with Crippen LogP contribution in [0.2, 0.25) is 0 Å². The SMILES string of the molecule is N#Cc1cccc(-c2nc(-c3ccccc3)nc(-c3cccc(-c4cccc5c4sc4c(-c6ccc(-c7cccnc7)cc6)cccc45)c3)n2)c1. The zero-order valence-electron chi connectivity index (χ0n) is 27.2. The first-order chi connectivity index (χ1) is 25.2.